The molecule has 0 bridgehead atoms. The van der Waals surface area contributed by atoms with Gasteiger partial charge in [0.25, 0.3) is 5.56 Å². The van der Waals surface area contributed by atoms with E-state index in [1.807, 2.05) is 11.4 Å². The highest BCUT2D eigenvalue weighted by atomic mass is 32.1. The quantitative estimate of drug-likeness (QED) is 0.788. The van der Waals surface area contributed by atoms with Gasteiger partial charge in [-0.2, -0.15) is 0 Å². The van der Waals surface area contributed by atoms with Gasteiger partial charge >= 0.3 is 5.97 Å². The van der Waals surface area contributed by atoms with Crippen molar-refractivity contribution in [1.82, 2.24) is 9.72 Å². The third kappa shape index (κ3) is 2.04. The Morgan fingerprint density at radius 2 is 2.32 bits per heavy atom. The molecule has 0 fully saturated rings. The Kier molecular flexibility index (Phi) is 2.68. The highest BCUT2D eigenvalue weighted by molar-refractivity contribution is 7.17. The number of aromatic nitrogens is 2. The fraction of sp³-hybridized carbons (Fsp3) is 0.0833. The van der Waals surface area contributed by atoms with Gasteiger partial charge in [-0.15, -0.1) is 11.3 Å². The summed E-state index contributed by atoms with van der Waals surface area (Å²) in [5.74, 6) is -0.829. The fourth-order valence-corrected chi connectivity index (χ4v) is 2.56. The number of carbonyl (C=O) groups is 1. The van der Waals surface area contributed by atoms with Crippen LogP contribution in [0.2, 0.25) is 0 Å². The van der Waals surface area contributed by atoms with Crippen LogP contribution in [0, 0.1) is 0 Å². The average molecular weight is 276 g/mol. The van der Waals surface area contributed by atoms with Gasteiger partial charge in [-0.25, -0.2) is 4.79 Å². The third-order valence-electron chi connectivity index (χ3n) is 2.70. The number of fused-ring (bicyclic) bond motifs is 1. The largest absolute Gasteiger partial charge is 0.476 e. The summed E-state index contributed by atoms with van der Waals surface area (Å²) in [7, 11) is 0. The summed E-state index contributed by atoms with van der Waals surface area (Å²) in [4.78, 5) is 22.8. The Bertz CT molecular complexity index is 814. The summed E-state index contributed by atoms with van der Waals surface area (Å²) in [5, 5.41) is 14.6. The smallest absolute Gasteiger partial charge is 0.358 e. The van der Waals surface area contributed by atoms with Gasteiger partial charge in [-0.3, -0.25) is 4.79 Å². The molecule has 0 amide bonds. The first kappa shape index (κ1) is 11.7. The summed E-state index contributed by atoms with van der Waals surface area (Å²) in [6.45, 7) is 0.158. The Hall–Kier alpha value is -2.41. The van der Waals surface area contributed by atoms with Gasteiger partial charge in [-0.1, -0.05) is 5.16 Å². The molecule has 3 aromatic heterocycles. The maximum atomic E-state index is 12.1. The van der Waals surface area contributed by atoms with E-state index in [2.05, 4.69) is 5.16 Å². The van der Waals surface area contributed by atoms with Crippen LogP contribution in [0.5, 0.6) is 0 Å². The number of thiophene rings is 1. The van der Waals surface area contributed by atoms with Crippen molar-refractivity contribution in [2.24, 2.45) is 0 Å². The molecule has 0 saturated heterocycles. The van der Waals surface area contributed by atoms with E-state index < -0.39 is 5.97 Å². The maximum Gasteiger partial charge on any atom is 0.358 e. The SMILES string of the molecule is O=C(O)c1cc(Cn2ccc3sccc3c2=O)on1. The molecule has 0 unspecified atom stereocenters. The van der Waals surface area contributed by atoms with E-state index >= 15 is 0 Å². The van der Waals surface area contributed by atoms with Crippen LogP contribution in [-0.4, -0.2) is 20.8 Å². The van der Waals surface area contributed by atoms with Crippen molar-refractivity contribution in [2.75, 3.05) is 0 Å². The zero-order valence-electron chi connectivity index (χ0n) is 9.57. The lowest BCUT2D eigenvalue weighted by Crippen LogP contribution is -2.19. The van der Waals surface area contributed by atoms with Crippen LogP contribution < -0.4 is 5.56 Å². The van der Waals surface area contributed by atoms with E-state index in [0.29, 0.717) is 11.1 Å². The molecule has 3 heterocycles. The number of carboxylic acids is 1. The second kappa shape index (κ2) is 4.36. The monoisotopic (exact) mass is 276 g/mol. The highest BCUT2D eigenvalue weighted by Gasteiger charge is 2.12. The van der Waals surface area contributed by atoms with E-state index in [1.165, 1.54) is 22.0 Å². The number of aromatic carboxylic acids is 1. The summed E-state index contributed by atoms with van der Waals surface area (Å²) in [6.07, 6.45) is 1.66. The molecule has 3 aromatic rings. The molecule has 0 spiro atoms. The van der Waals surface area contributed by atoms with E-state index in [9.17, 15) is 9.59 Å². The van der Waals surface area contributed by atoms with Crippen LogP contribution in [0.3, 0.4) is 0 Å². The third-order valence-corrected chi connectivity index (χ3v) is 3.58. The summed E-state index contributed by atoms with van der Waals surface area (Å²) in [6, 6.07) is 4.92. The molecule has 0 aliphatic carbocycles. The predicted octanol–water partition coefficient (Wildman–Crippen LogP) is 1.80. The minimum absolute atomic E-state index is 0.132. The van der Waals surface area contributed by atoms with Gasteiger partial charge in [0.1, 0.15) is 0 Å². The zero-order valence-corrected chi connectivity index (χ0v) is 10.4. The standard InChI is InChI=1S/C12H8N2O4S/c15-11-8-2-4-19-10(8)1-3-14(11)6-7-5-9(12(16)17)13-18-7/h1-5H,6H2,(H,16,17). The molecule has 7 heteroatoms. The summed E-state index contributed by atoms with van der Waals surface area (Å²) in [5.41, 5.74) is -0.299. The fourth-order valence-electron chi connectivity index (χ4n) is 1.79. The average Bonchev–Trinajstić information content (AvgIpc) is 3.01. The Morgan fingerprint density at radius 3 is 3.05 bits per heavy atom. The van der Waals surface area contributed by atoms with Gasteiger partial charge in [0.2, 0.25) is 0 Å². The van der Waals surface area contributed by atoms with Crippen LogP contribution in [-0.2, 0) is 6.54 Å². The van der Waals surface area contributed by atoms with Crippen LogP contribution >= 0.6 is 11.3 Å². The van der Waals surface area contributed by atoms with Crippen molar-refractivity contribution in [1.29, 1.82) is 0 Å². The predicted molar refractivity (Wildman–Crippen MR) is 68.6 cm³/mol. The number of carboxylic acid groups (broad SMARTS) is 1. The number of hydrogen-bond donors (Lipinski definition) is 1. The van der Waals surface area contributed by atoms with Gasteiger partial charge in [0, 0.05) is 17.0 Å². The van der Waals surface area contributed by atoms with E-state index in [1.54, 1.807) is 12.3 Å². The van der Waals surface area contributed by atoms with Crippen molar-refractivity contribution < 1.29 is 14.4 Å². The maximum absolute atomic E-state index is 12.1. The number of nitrogens with zero attached hydrogens (tertiary/aromatic N) is 2. The molecule has 0 aliphatic heterocycles. The molecule has 0 saturated carbocycles. The van der Waals surface area contributed by atoms with E-state index in [0.717, 1.165) is 4.70 Å². The molecule has 1 N–H and O–H groups in total. The van der Waals surface area contributed by atoms with Crippen molar-refractivity contribution >= 4 is 27.4 Å². The molecular weight excluding hydrogens is 268 g/mol. The Labute approximate surface area is 110 Å². The first-order valence-corrected chi connectivity index (χ1v) is 6.28. The number of pyridine rings is 1. The minimum atomic E-state index is -1.16. The van der Waals surface area contributed by atoms with Crippen LogP contribution in [0.15, 0.2) is 39.1 Å². The van der Waals surface area contributed by atoms with Gasteiger partial charge in [0.15, 0.2) is 11.5 Å². The molecule has 0 radical (unpaired) electrons. The van der Waals surface area contributed by atoms with Crippen molar-refractivity contribution in [2.45, 2.75) is 6.54 Å². The zero-order chi connectivity index (χ0) is 13.4. The molecule has 0 aromatic carbocycles. The van der Waals surface area contributed by atoms with Crippen molar-refractivity contribution in [3.8, 4) is 0 Å². The molecule has 3 rings (SSSR count). The second-order valence-corrected chi connectivity index (χ2v) is 4.88. The number of rotatable bonds is 3. The molecule has 0 atom stereocenters. The molecule has 6 nitrogen and oxygen atoms in total. The van der Waals surface area contributed by atoms with Gasteiger partial charge in [-0.05, 0) is 17.5 Å². The first-order valence-electron chi connectivity index (χ1n) is 5.40. The van der Waals surface area contributed by atoms with E-state index in [4.69, 9.17) is 9.63 Å². The van der Waals surface area contributed by atoms with Gasteiger partial charge in [0.05, 0.1) is 11.9 Å². The van der Waals surface area contributed by atoms with Crippen LogP contribution in [0.4, 0.5) is 0 Å². The van der Waals surface area contributed by atoms with Crippen LogP contribution in [0.25, 0.3) is 10.1 Å². The van der Waals surface area contributed by atoms with Crippen molar-refractivity contribution in [3.05, 3.63) is 51.6 Å². The number of hydrogen-bond acceptors (Lipinski definition) is 5. The van der Waals surface area contributed by atoms with E-state index in [-0.39, 0.29) is 17.8 Å². The lowest BCUT2D eigenvalue weighted by molar-refractivity contribution is 0.0685. The molecule has 96 valence electrons. The van der Waals surface area contributed by atoms with Gasteiger partial charge < -0.3 is 14.2 Å². The lowest BCUT2D eigenvalue weighted by Gasteiger charge is -2.01. The molecule has 19 heavy (non-hydrogen) atoms. The lowest BCUT2D eigenvalue weighted by atomic mass is 10.3. The second-order valence-electron chi connectivity index (χ2n) is 3.93. The molecule has 0 aliphatic rings. The minimum Gasteiger partial charge on any atom is -0.476 e. The first-order chi connectivity index (χ1) is 9.15. The topological polar surface area (TPSA) is 85.3 Å². The highest BCUT2D eigenvalue weighted by Crippen LogP contribution is 2.16. The summed E-state index contributed by atoms with van der Waals surface area (Å²) >= 11 is 1.50. The Balaban J connectivity index is 1.98. The normalized spacial score (nSPS) is 10.9. The van der Waals surface area contributed by atoms with Crippen LogP contribution in [0.1, 0.15) is 16.2 Å². The van der Waals surface area contributed by atoms with Crippen molar-refractivity contribution in [3.63, 3.8) is 0 Å². The Morgan fingerprint density at radius 1 is 1.47 bits per heavy atom. The summed E-state index contributed by atoms with van der Waals surface area (Å²) < 4.78 is 7.27. The molecular formula is C12H8N2O4S.